The minimum absolute atomic E-state index is 0.00732. The number of fused-ring (bicyclic) bond motifs is 1. The standard InChI is InChI=1S/C22H25NO5/c1-14(28-19-12-11-16(22(25)27-3)13-20(19)26-2)21(24)23-18-10-6-8-15-7-4-5-9-17(15)18/h4-5,7,9,11-14,18H,6,8,10H2,1-3H3,(H,23,24)/t14-,18+/m0/s1. The lowest BCUT2D eigenvalue weighted by atomic mass is 9.87. The number of benzene rings is 2. The van der Waals surface area contributed by atoms with Gasteiger partial charge < -0.3 is 19.5 Å². The van der Waals surface area contributed by atoms with Gasteiger partial charge in [-0.15, -0.1) is 0 Å². The number of amides is 1. The second kappa shape index (κ2) is 8.78. The Balaban J connectivity index is 1.69. The first kappa shape index (κ1) is 19.7. The molecule has 0 saturated carbocycles. The van der Waals surface area contributed by atoms with Crippen LogP contribution in [-0.2, 0) is 16.0 Å². The molecule has 0 fully saturated rings. The van der Waals surface area contributed by atoms with E-state index in [0.717, 1.165) is 19.3 Å². The zero-order chi connectivity index (χ0) is 20.1. The minimum Gasteiger partial charge on any atom is -0.493 e. The highest BCUT2D eigenvalue weighted by molar-refractivity contribution is 5.90. The van der Waals surface area contributed by atoms with Crippen molar-refractivity contribution in [1.82, 2.24) is 5.32 Å². The average molecular weight is 383 g/mol. The van der Waals surface area contributed by atoms with Crippen molar-refractivity contribution in [2.45, 2.75) is 38.3 Å². The summed E-state index contributed by atoms with van der Waals surface area (Å²) >= 11 is 0. The Bertz CT molecular complexity index is 864. The summed E-state index contributed by atoms with van der Waals surface area (Å²) in [7, 11) is 2.79. The third-order valence-corrected chi connectivity index (χ3v) is 4.94. The summed E-state index contributed by atoms with van der Waals surface area (Å²) in [6, 6.07) is 12.9. The van der Waals surface area contributed by atoms with E-state index in [4.69, 9.17) is 14.2 Å². The summed E-state index contributed by atoms with van der Waals surface area (Å²) in [6.45, 7) is 1.69. The number of methoxy groups -OCH3 is 2. The molecule has 1 amide bonds. The fourth-order valence-corrected chi connectivity index (χ4v) is 3.45. The van der Waals surface area contributed by atoms with Gasteiger partial charge in [-0.25, -0.2) is 4.79 Å². The number of carbonyl (C=O) groups excluding carboxylic acids is 2. The molecule has 2 aromatic rings. The molecule has 0 saturated heterocycles. The molecule has 1 aliphatic carbocycles. The molecule has 2 aromatic carbocycles. The molecule has 28 heavy (non-hydrogen) atoms. The van der Waals surface area contributed by atoms with E-state index < -0.39 is 12.1 Å². The second-order valence-electron chi connectivity index (χ2n) is 6.77. The molecule has 0 unspecified atom stereocenters. The lowest BCUT2D eigenvalue weighted by Crippen LogP contribution is -2.39. The smallest absolute Gasteiger partial charge is 0.337 e. The van der Waals surface area contributed by atoms with Crippen molar-refractivity contribution in [2.24, 2.45) is 0 Å². The van der Waals surface area contributed by atoms with Crippen molar-refractivity contribution in [3.05, 3.63) is 59.2 Å². The molecule has 6 heteroatoms. The molecular formula is C22H25NO5. The Morgan fingerprint density at radius 2 is 1.89 bits per heavy atom. The predicted octanol–water partition coefficient (Wildman–Crippen LogP) is 3.44. The lowest BCUT2D eigenvalue weighted by Gasteiger charge is -2.27. The summed E-state index contributed by atoms with van der Waals surface area (Å²) in [5.41, 5.74) is 2.81. The van der Waals surface area contributed by atoms with Gasteiger partial charge in [0.25, 0.3) is 5.91 Å². The number of carbonyl (C=O) groups is 2. The van der Waals surface area contributed by atoms with Crippen molar-refractivity contribution in [2.75, 3.05) is 14.2 Å². The van der Waals surface area contributed by atoms with Crippen LogP contribution in [0.5, 0.6) is 11.5 Å². The maximum Gasteiger partial charge on any atom is 0.337 e. The highest BCUT2D eigenvalue weighted by Crippen LogP contribution is 2.31. The number of hydrogen-bond donors (Lipinski definition) is 1. The van der Waals surface area contributed by atoms with E-state index in [2.05, 4.69) is 17.4 Å². The van der Waals surface area contributed by atoms with Crippen LogP contribution in [-0.4, -0.2) is 32.2 Å². The van der Waals surface area contributed by atoms with Gasteiger partial charge in [0.1, 0.15) is 0 Å². The van der Waals surface area contributed by atoms with Crippen LogP contribution in [0.4, 0.5) is 0 Å². The summed E-state index contributed by atoms with van der Waals surface area (Å²) in [5, 5.41) is 3.09. The Hall–Kier alpha value is -3.02. The van der Waals surface area contributed by atoms with Gasteiger partial charge in [0.05, 0.1) is 25.8 Å². The molecule has 0 aliphatic heterocycles. The quantitative estimate of drug-likeness (QED) is 0.774. The van der Waals surface area contributed by atoms with Crippen LogP contribution in [0.3, 0.4) is 0 Å². The molecule has 1 aliphatic rings. The van der Waals surface area contributed by atoms with Gasteiger partial charge in [0.15, 0.2) is 17.6 Å². The van der Waals surface area contributed by atoms with Crippen LogP contribution >= 0.6 is 0 Å². The third kappa shape index (κ3) is 4.27. The number of rotatable bonds is 6. The monoisotopic (exact) mass is 383 g/mol. The fourth-order valence-electron chi connectivity index (χ4n) is 3.45. The molecular weight excluding hydrogens is 358 g/mol. The van der Waals surface area contributed by atoms with E-state index in [1.165, 1.54) is 31.4 Å². The zero-order valence-corrected chi connectivity index (χ0v) is 16.4. The summed E-state index contributed by atoms with van der Waals surface area (Å²) in [6.07, 6.45) is 2.28. The normalized spacial score (nSPS) is 16.5. The Labute approximate surface area is 164 Å². The SMILES string of the molecule is COC(=O)c1ccc(O[C@@H](C)C(=O)N[C@@H]2CCCc3ccccc32)c(OC)c1. The van der Waals surface area contributed by atoms with Crippen molar-refractivity contribution < 1.29 is 23.8 Å². The van der Waals surface area contributed by atoms with Gasteiger partial charge >= 0.3 is 5.97 Å². The topological polar surface area (TPSA) is 73.9 Å². The summed E-state index contributed by atoms with van der Waals surface area (Å²) in [5.74, 6) is 0.0971. The van der Waals surface area contributed by atoms with Gasteiger partial charge in [0, 0.05) is 0 Å². The molecule has 3 rings (SSSR count). The molecule has 6 nitrogen and oxygen atoms in total. The molecule has 0 radical (unpaired) electrons. The predicted molar refractivity (Wildman–Crippen MR) is 105 cm³/mol. The van der Waals surface area contributed by atoms with Crippen LogP contribution in [0.1, 0.15) is 47.3 Å². The maximum absolute atomic E-state index is 12.7. The number of hydrogen-bond acceptors (Lipinski definition) is 5. The van der Waals surface area contributed by atoms with Crippen LogP contribution < -0.4 is 14.8 Å². The minimum atomic E-state index is -0.716. The van der Waals surface area contributed by atoms with Crippen LogP contribution in [0.25, 0.3) is 0 Å². The van der Waals surface area contributed by atoms with Crippen LogP contribution in [0, 0.1) is 0 Å². The first-order valence-electron chi connectivity index (χ1n) is 9.34. The average Bonchev–Trinajstić information content (AvgIpc) is 2.73. The first-order valence-corrected chi connectivity index (χ1v) is 9.34. The molecule has 148 valence electrons. The highest BCUT2D eigenvalue weighted by atomic mass is 16.5. The highest BCUT2D eigenvalue weighted by Gasteiger charge is 2.25. The van der Waals surface area contributed by atoms with Gasteiger partial charge in [-0.2, -0.15) is 0 Å². The number of ether oxygens (including phenoxy) is 3. The van der Waals surface area contributed by atoms with Gasteiger partial charge in [0.2, 0.25) is 0 Å². The Morgan fingerprint density at radius 1 is 1.11 bits per heavy atom. The van der Waals surface area contributed by atoms with E-state index in [9.17, 15) is 9.59 Å². The number of esters is 1. The molecule has 0 bridgehead atoms. The van der Waals surface area contributed by atoms with Crippen LogP contribution in [0.2, 0.25) is 0 Å². The third-order valence-electron chi connectivity index (χ3n) is 4.94. The number of aryl methyl sites for hydroxylation is 1. The number of nitrogens with one attached hydrogen (secondary N) is 1. The van der Waals surface area contributed by atoms with Crippen molar-refractivity contribution in [3.8, 4) is 11.5 Å². The first-order chi connectivity index (χ1) is 13.5. The van der Waals surface area contributed by atoms with E-state index in [0.29, 0.717) is 17.1 Å². The Morgan fingerprint density at radius 3 is 2.64 bits per heavy atom. The lowest BCUT2D eigenvalue weighted by molar-refractivity contribution is -0.128. The molecule has 0 heterocycles. The Kier molecular flexibility index (Phi) is 6.19. The molecule has 0 spiro atoms. The van der Waals surface area contributed by atoms with Gasteiger partial charge in [-0.05, 0) is 55.5 Å². The maximum atomic E-state index is 12.7. The van der Waals surface area contributed by atoms with Crippen molar-refractivity contribution in [1.29, 1.82) is 0 Å². The van der Waals surface area contributed by atoms with E-state index in [1.54, 1.807) is 19.1 Å². The molecule has 1 N–H and O–H groups in total. The second-order valence-corrected chi connectivity index (χ2v) is 6.77. The van der Waals surface area contributed by atoms with Crippen LogP contribution in [0.15, 0.2) is 42.5 Å². The van der Waals surface area contributed by atoms with E-state index in [-0.39, 0.29) is 11.9 Å². The molecule has 2 atom stereocenters. The van der Waals surface area contributed by atoms with Gasteiger partial charge in [-0.3, -0.25) is 4.79 Å². The van der Waals surface area contributed by atoms with Gasteiger partial charge in [-0.1, -0.05) is 24.3 Å². The van der Waals surface area contributed by atoms with Crippen molar-refractivity contribution in [3.63, 3.8) is 0 Å². The fraction of sp³-hybridized carbons (Fsp3) is 0.364. The van der Waals surface area contributed by atoms with Crippen molar-refractivity contribution >= 4 is 11.9 Å². The van der Waals surface area contributed by atoms with E-state index in [1.807, 2.05) is 12.1 Å². The van der Waals surface area contributed by atoms with E-state index >= 15 is 0 Å². The largest absolute Gasteiger partial charge is 0.493 e. The molecule has 0 aromatic heterocycles. The summed E-state index contributed by atoms with van der Waals surface area (Å²) in [4.78, 5) is 24.4. The zero-order valence-electron chi connectivity index (χ0n) is 16.4. The summed E-state index contributed by atoms with van der Waals surface area (Å²) < 4.78 is 15.8.